The fraction of sp³-hybridized carbons (Fsp3) is 0.333. The summed E-state index contributed by atoms with van der Waals surface area (Å²) in [5.41, 5.74) is 2.89. The molecule has 0 radical (unpaired) electrons. The van der Waals surface area contributed by atoms with Crippen LogP contribution < -0.4 is 4.90 Å². The molecule has 1 unspecified atom stereocenters. The largest absolute Gasteiger partial charge is 0.291 e. The van der Waals surface area contributed by atoms with Crippen LogP contribution in [-0.4, -0.2) is 31.9 Å². The standard InChI is InChI=1S/C15H19N3O2S/c1-12-6-4-7-13(2)15(12)18(14(19)10-21(3)20)11-17-9-5-8-16-17/h4-9H,10-11H2,1-3H3. The molecule has 0 fully saturated rings. The maximum absolute atomic E-state index is 12.5. The summed E-state index contributed by atoms with van der Waals surface area (Å²) in [6.45, 7) is 4.25. The van der Waals surface area contributed by atoms with Gasteiger partial charge in [0.25, 0.3) is 0 Å². The quantitative estimate of drug-likeness (QED) is 0.847. The Morgan fingerprint density at radius 1 is 1.29 bits per heavy atom. The van der Waals surface area contributed by atoms with Gasteiger partial charge in [0.1, 0.15) is 12.4 Å². The Kier molecular flexibility index (Phi) is 4.90. The summed E-state index contributed by atoms with van der Waals surface area (Å²) < 4.78 is 13.1. The van der Waals surface area contributed by atoms with E-state index < -0.39 is 10.8 Å². The minimum Gasteiger partial charge on any atom is -0.291 e. The van der Waals surface area contributed by atoms with Crippen molar-refractivity contribution in [3.8, 4) is 0 Å². The molecule has 112 valence electrons. The molecular weight excluding hydrogens is 286 g/mol. The van der Waals surface area contributed by atoms with Gasteiger partial charge in [-0.25, -0.2) is 0 Å². The van der Waals surface area contributed by atoms with Crippen LogP contribution in [0.2, 0.25) is 0 Å². The summed E-state index contributed by atoms with van der Waals surface area (Å²) in [6, 6.07) is 7.71. The minimum atomic E-state index is -1.17. The molecule has 0 aliphatic carbocycles. The van der Waals surface area contributed by atoms with Crippen LogP contribution in [0.1, 0.15) is 11.1 Å². The smallest absolute Gasteiger partial charge is 0.241 e. The highest BCUT2D eigenvalue weighted by Crippen LogP contribution is 2.25. The summed E-state index contributed by atoms with van der Waals surface area (Å²) in [7, 11) is -1.17. The maximum atomic E-state index is 12.5. The predicted molar refractivity (Wildman–Crippen MR) is 84.6 cm³/mol. The third kappa shape index (κ3) is 3.78. The monoisotopic (exact) mass is 305 g/mol. The number of aryl methyl sites for hydroxylation is 2. The van der Waals surface area contributed by atoms with Crippen LogP contribution in [0.25, 0.3) is 0 Å². The number of rotatable bonds is 5. The van der Waals surface area contributed by atoms with Crippen molar-refractivity contribution in [2.75, 3.05) is 16.9 Å². The third-order valence-electron chi connectivity index (χ3n) is 3.18. The molecule has 1 aromatic carbocycles. The van der Waals surface area contributed by atoms with E-state index in [9.17, 15) is 9.00 Å². The van der Waals surface area contributed by atoms with E-state index in [-0.39, 0.29) is 11.7 Å². The number of aromatic nitrogens is 2. The molecule has 2 rings (SSSR count). The lowest BCUT2D eigenvalue weighted by molar-refractivity contribution is -0.116. The molecule has 1 aromatic heterocycles. The van der Waals surface area contributed by atoms with Crippen molar-refractivity contribution in [3.63, 3.8) is 0 Å². The zero-order valence-corrected chi connectivity index (χ0v) is 13.3. The Morgan fingerprint density at radius 3 is 2.48 bits per heavy atom. The summed E-state index contributed by atoms with van der Waals surface area (Å²) in [5.74, 6) is -0.154. The highest BCUT2D eigenvalue weighted by Gasteiger charge is 2.20. The van der Waals surface area contributed by atoms with Crippen LogP contribution in [-0.2, 0) is 22.3 Å². The lowest BCUT2D eigenvalue weighted by Crippen LogP contribution is -2.37. The fourth-order valence-electron chi connectivity index (χ4n) is 2.29. The van der Waals surface area contributed by atoms with Crippen LogP contribution in [0.15, 0.2) is 36.7 Å². The number of hydrogen-bond acceptors (Lipinski definition) is 3. The van der Waals surface area contributed by atoms with Crippen molar-refractivity contribution in [1.82, 2.24) is 9.78 Å². The third-order valence-corrected chi connectivity index (χ3v) is 3.84. The Balaban J connectivity index is 2.39. The van der Waals surface area contributed by atoms with E-state index in [1.807, 2.05) is 38.1 Å². The zero-order chi connectivity index (χ0) is 15.4. The Bertz CT molecular complexity index is 633. The number of anilines is 1. The summed E-state index contributed by atoms with van der Waals surface area (Å²) in [5, 5.41) is 4.15. The van der Waals surface area contributed by atoms with Gasteiger partial charge in [0.2, 0.25) is 5.91 Å². The van der Waals surface area contributed by atoms with Gasteiger partial charge in [-0.1, -0.05) is 18.2 Å². The first-order chi connectivity index (χ1) is 9.99. The van der Waals surface area contributed by atoms with E-state index in [1.165, 1.54) is 6.26 Å². The molecule has 0 saturated heterocycles. The molecule has 2 aromatic rings. The highest BCUT2D eigenvalue weighted by molar-refractivity contribution is 7.85. The van der Waals surface area contributed by atoms with E-state index in [0.717, 1.165) is 16.8 Å². The molecule has 1 atom stereocenters. The number of amides is 1. The van der Waals surface area contributed by atoms with Crippen molar-refractivity contribution in [3.05, 3.63) is 47.8 Å². The maximum Gasteiger partial charge on any atom is 0.241 e. The number of carbonyl (C=O) groups excluding carboxylic acids is 1. The van der Waals surface area contributed by atoms with Gasteiger partial charge in [-0.3, -0.25) is 18.6 Å². The molecule has 0 saturated carbocycles. The molecule has 6 heteroatoms. The minimum absolute atomic E-state index is 0.00897. The van der Waals surface area contributed by atoms with Crippen LogP contribution in [0.5, 0.6) is 0 Å². The first-order valence-electron chi connectivity index (χ1n) is 6.63. The summed E-state index contributed by atoms with van der Waals surface area (Å²) in [6.07, 6.45) is 5.01. The molecule has 0 bridgehead atoms. The second-order valence-electron chi connectivity index (χ2n) is 4.97. The van der Waals surface area contributed by atoms with Crippen LogP contribution in [0, 0.1) is 13.8 Å². The second-order valence-corrected chi connectivity index (χ2v) is 6.40. The summed E-state index contributed by atoms with van der Waals surface area (Å²) in [4.78, 5) is 14.1. The lowest BCUT2D eigenvalue weighted by Gasteiger charge is -2.26. The molecule has 0 aliphatic rings. The van der Waals surface area contributed by atoms with Crippen molar-refractivity contribution >= 4 is 22.4 Å². The van der Waals surface area contributed by atoms with E-state index in [0.29, 0.717) is 6.67 Å². The molecule has 21 heavy (non-hydrogen) atoms. The SMILES string of the molecule is Cc1cccc(C)c1N(Cn1cccn1)C(=O)CS(C)=O. The zero-order valence-electron chi connectivity index (χ0n) is 12.4. The van der Waals surface area contributed by atoms with Crippen molar-refractivity contribution in [2.24, 2.45) is 0 Å². The number of benzene rings is 1. The second kappa shape index (κ2) is 6.67. The molecule has 1 amide bonds. The molecule has 0 spiro atoms. The Hall–Kier alpha value is -1.95. The predicted octanol–water partition coefficient (Wildman–Crippen LogP) is 1.87. The van der Waals surface area contributed by atoms with Gasteiger partial charge < -0.3 is 0 Å². The lowest BCUT2D eigenvalue weighted by atomic mass is 10.1. The highest BCUT2D eigenvalue weighted by atomic mass is 32.2. The summed E-state index contributed by atoms with van der Waals surface area (Å²) >= 11 is 0. The van der Waals surface area contributed by atoms with E-state index >= 15 is 0 Å². The van der Waals surface area contributed by atoms with Gasteiger partial charge in [0.05, 0.1) is 5.69 Å². The van der Waals surface area contributed by atoms with Gasteiger partial charge in [0.15, 0.2) is 0 Å². The van der Waals surface area contributed by atoms with Gasteiger partial charge in [-0.05, 0) is 31.0 Å². The molecule has 5 nitrogen and oxygen atoms in total. The number of hydrogen-bond donors (Lipinski definition) is 0. The molecular formula is C15H19N3O2S. The molecule has 1 heterocycles. The van der Waals surface area contributed by atoms with Crippen molar-refractivity contribution in [2.45, 2.75) is 20.5 Å². The number of carbonyl (C=O) groups is 1. The van der Waals surface area contributed by atoms with E-state index in [4.69, 9.17) is 0 Å². The average molecular weight is 305 g/mol. The first-order valence-corrected chi connectivity index (χ1v) is 8.36. The van der Waals surface area contributed by atoms with Crippen molar-refractivity contribution in [1.29, 1.82) is 0 Å². The fourth-order valence-corrected chi connectivity index (χ4v) is 2.79. The van der Waals surface area contributed by atoms with Gasteiger partial charge in [-0.15, -0.1) is 0 Å². The van der Waals surface area contributed by atoms with Crippen LogP contribution in [0.4, 0.5) is 5.69 Å². The van der Waals surface area contributed by atoms with E-state index in [1.54, 1.807) is 22.0 Å². The van der Waals surface area contributed by atoms with Gasteiger partial charge >= 0.3 is 0 Å². The normalized spacial score (nSPS) is 12.1. The molecule has 0 aliphatic heterocycles. The first kappa shape index (κ1) is 15.4. The van der Waals surface area contributed by atoms with Crippen molar-refractivity contribution < 1.29 is 9.00 Å². The van der Waals surface area contributed by atoms with Crippen LogP contribution >= 0.6 is 0 Å². The van der Waals surface area contributed by atoms with Gasteiger partial charge in [-0.2, -0.15) is 5.10 Å². The van der Waals surface area contributed by atoms with E-state index in [2.05, 4.69) is 5.10 Å². The topological polar surface area (TPSA) is 55.2 Å². The number of para-hydroxylation sites is 1. The Labute approximate surface area is 127 Å². The molecule has 0 N–H and O–H groups in total. The van der Waals surface area contributed by atoms with Gasteiger partial charge in [0, 0.05) is 29.4 Å². The Morgan fingerprint density at radius 2 is 1.95 bits per heavy atom. The van der Waals surface area contributed by atoms with Crippen LogP contribution in [0.3, 0.4) is 0 Å². The number of nitrogens with zero attached hydrogens (tertiary/aromatic N) is 3. The average Bonchev–Trinajstić information content (AvgIpc) is 2.89.